The number of rotatable bonds is 4. The number of carbonyl (C=O) groups excluding carboxylic acids is 2. The zero-order valence-electron chi connectivity index (χ0n) is 10.4. The van der Waals surface area contributed by atoms with Crippen LogP contribution in [0.4, 0.5) is 0 Å². The normalized spacial score (nSPS) is 19.4. The topological polar surface area (TPSA) is 90.0 Å². The Hall–Kier alpha value is -1.85. The van der Waals surface area contributed by atoms with Gasteiger partial charge in [0.1, 0.15) is 11.6 Å². The summed E-state index contributed by atoms with van der Waals surface area (Å²) in [5.41, 5.74) is 4.57. The lowest BCUT2D eigenvalue weighted by Gasteiger charge is -2.28. The molecule has 1 aliphatic rings. The molecule has 6 nitrogen and oxygen atoms in total. The molecule has 1 heterocycles. The van der Waals surface area contributed by atoms with E-state index in [1.54, 1.807) is 30.2 Å². The summed E-state index contributed by atoms with van der Waals surface area (Å²) in [7, 11) is 0. The van der Waals surface area contributed by atoms with Crippen molar-refractivity contribution in [2.45, 2.75) is 44.2 Å². The molecule has 1 atom stereocenters. The summed E-state index contributed by atoms with van der Waals surface area (Å²) >= 11 is 0. The van der Waals surface area contributed by atoms with Crippen LogP contribution in [0.2, 0.25) is 0 Å². The molecule has 1 fully saturated rings. The molecule has 3 N–H and O–H groups in total. The number of carbonyl (C=O) groups is 2. The predicted octanol–water partition coefficient (Wildman–Crippen LogP) is 0.358. The van der Waals surface area contributed by atoms with E-state index in [0.717, 1.165) is 12.8 Å². The molecule has 0 radical (unpaired) electrons. The smallest absolute Gasteiger partial charge is 0.243 e. The lowest BCUT2D eigenvalue weighted by atomic mass is 9.96. The number of hydrogen-bond donors (Lipinski definition) is 2. The van der Waals surface area contributed by atoms with Crippen molar-refractivity contribution >= 4 is 11.8 Å². The van der Waals surface area contributed by atoms with Crippen molar-refractivity contribution in [1.82, 2.24) is 14.9 Å². The van der Waals surface area contributed by atoms with Gasteiger partial charge in [0.05, 0.1) is 6.33 Å². The van der Waals surface area contributed by atoms with Crippen LogP contribution >= 0.6 is 0 Å². The maximum atomic E-state index is 12.1. The maximum Gasteiger partial charge on any atom is 0.243 e. The predicted molar refractivity (Wildman–Crippen MR) is 65.5 cm³/mol. The second-order valence-corrected chi connectivity index (χ2v) is 4.83. The summed E-state index contributed by atoms with van der Waals surface area (Å²) in [6, 6.07) is -0.399. The van der Waals surface area contributed by atoms with Crippen LogP contribution < -0.4 is 11.1 Å². The van der Waals surface area contributed by atoms with E-state index in [4.69, 9.17) is 5.73 Å². The third-order valence-corrected chi connectivity index (χ3v) is 3.64. The van der Waals surface area contributed by atoms with Crippen LogP contribution in [0.25, 0.3) is 0 Å². The van der Waals surface area contributed by atoms with Crippen LogP contribution in [0.15, 0.2) is 18.7 Å². The molecule has 1 saturated carbocycles. The van der Waals surface area contributed by atoms with Crippen molar-refractivity contribution in [3.8, 4) is 0 Å². The largest absolute Gasteiger partial charge is 0.368 e. The van der Waals surface area contributed by atoms with Gasteiger partial charge in [0.15, 0.2) is 0 Å². The summed E-state index contributed by atoms with van der Waals surface area (Å²) < 4.78 is 1.69. The van der Waals surface area contributed by atoms with E-state index < -0.39 is 17.5 Å². The number of amides is 2. The van der Waals surface area contributed by atoms with Gasteiger partial charge in [-0.15, -0.1) is 0 Å². The Kier molecular flexibility index (Phi) is 3.36. The van der Waals surface area contributed by atoms with Crippen molar-refractivity contribution in [3.63, 3.8) is 0 Å². The molecule has 0 bridgehead atoms. The number of primary amides is 1. The molecule has 0 unspecified atom stereocenters. The van der Waals surface area contributed by atoms with Gasteiger partial charge in [0.25, 0.3) is 0 Å². The molecule has 98 valence electrons. The highest BCUT2D eigenvalue weighted by Gasteiger charge is 2.41. The first kappa shape index (κ1) is 12.6. The van der Waals surface area contributed by atoms with Crippen molar-refractivity contribution < 1.29 is 9.59 Å². The molecular weight excluding hydrogens is 232 g/mol. The maximum absolute atomic E-state index is 12.1. The van der Waals surface area contributed by atoms with E-state index in [1.165, 1.54) is 0 Å². The summed E-state index contributed by atoms with van der Waals surface area (Å²) in [6.07, 6.45) is 8.01. The van der Waals surface area contributed by atoms with Crippen LogP contribution in [-0.2, 0) is 9.59 Å². The van der Waals surface area contributed by atoms with Gasteiger partial charge in [-0.05, 0) is 19.8 Å². The van der Waals surface area contributed by atoms with Crippen molar-refractivity contribution in [2.24, 2.45) is 5.73 Å². The number of nitrogens with one attached hydrogen (secondary N) is 1. The Morgan fingerprint density at radius 2 is 2.11 bits per heavy atom. The van der Waals surface area contributed by atoms with Gasteiger partial charge in [-0.2, -0.15) is 0 Å². The molecule has 0 aliphatic heterocycles. The molecular formula is C12H18N4O2. The molecule has 1 aliphatic carbocycles. The number of nitrogens with zero attached hydrogens (tertiary/aromatic N) is 2. The minimum atomic E-state index is -0.855. The Balaban J connectivity index is 2.08. The Morgan fingerprint density at radius 3 is 2.61 bits per heavy atom. The van der Waals surface area contributed by atoms with E-state index >= 15 is 0 Å². The Labute approximate surface area is 106 Å². The molecule has 1 aromatic heterocycles. The van der Waals surface area contributed by atoms with Crippen LogP contribution in [0.1, 0.15) is 38.6 Å². The van der Waals surface area contributed by atoms with Gasteiger partial charge in [-0.1, -0.05) is 12.8 Å². The van der Waals surface area contributed by atoms with Crippen molar-refractivity contribution in [3.05, 3.63) is 18.7 Å². The van der Waals surface area contributed by atoms with Gasteiger partial charge >= 0.3 is 0 Å². The molecule has 18 heavy (non-hydrogen) atoms. The fraction of sp³-hybridized carbons (Fsp3) is 0.583. The van der Waals surface area contributed by atoms with Gasteiger partial charge in [0, 0.05) is 12.4 Å². The summed E-state index contributed by atoms with van der Waals surface area (Å²) in [6.45, 7) is 1.76. The second-order valence-electron chi connectivity index (χ2n) is 4.83. The number of imidazole rings is 1. The molecule has 6 heteroatoms. The summed E-state index contributed by atoms with van der Waals surface area (Å²) in [5, 5.41) is 2.82. The first-order valence-corrected chi connectivity index (χ1v) is 6.14. The standard InChI is InChI=1S/C12H18N4O2/c1-9(16-7-6-14-8-16)10(17)15-12(11(13)18)4-2-3-5-12/h6-9H,2-5H2,1H3,(H2,13,18)(H,15,17)/t9-/m0/s1. The minimum absolute atomic E-state index is 0.200. The van der Waals surface area contributed by atoms with Crippen LogP contribution in [-0.4, -0.2) is 26.9 Å². The van der Waals surface area contributed by atoms with Crippen molar-refractivity contribution in [1.29, 1.82) is 0 Å². The monoisotopic (exact) mass is 250 g/mol. The molecule has 2 rings (SSSR count). The quantitative estimate of drug-likeness (QED) is 0.808. The minimum Gasteiger partial charge on any atom is -0.368 e. The van der Waals surface area contributed by atoms with Crippen LogP contribution in [0.5, 0.6) is 0 Å². The van der Waals surface area contributed by atoms with E-state index in [0.29, 0.717) is 12.8 Å². The molecule has 1 aromatic rings. The first-order valence-electron chi connectivity index (χ1n) is 6.14. The van der Waals surface area contributed by atoms with Crippen LogP contribution in [0.3, 0.4) is 0 Å². The Morgan fingerprint density at radius 1 is 1.44 bits per heavy atom. The van der Waals surface area contributed by atoms with Crippen LogP contribution in [0, 0.1) is 0 Å². The zero-order valence-corrected chi connectivity index (χ0v) is 10.4. The van der Waals surface area contributed by atoms with Crippen molar-refractivity contribution in [2.75, 3.05) is 0 Å². The highest BCUT2D eigenvalue weighted by Crippen LogP contribution is 2.29. The second kappa shape index (κ2) is 4.80. The fourth-order valence-corrected chi connectivity index (χ4v) is 2.39. The first-order chi connectivity index (χ1) is 8.55. The average molecular weight is 250 g/mol. The Bertz CT molecular complexity index is 435. The van der Waals surface area contributed by atoms with E-state index in [2.05, 4.69) is 10.3 Å². The molecule has 0 saturated heterocycles. The zero-order chi connectivity index (χ0) is 13.2. The van der Waals surface area contributed by atoms with Gasteiger partial charge in [-0.3, -0.25) is 9.59 Å². The fourth-order valence-electron chi connectivity index (χ4n) is 2.39. The average Bonchev–Trinajstić information content (AvgIpc) is 2.99. The van der Waals surface area contributed by atoms with E-state index in [1.807, 2.05) is 0 Å². The number of aromatic nitrogens is 2. The van der Waals surface area contributed by atoms with E-state index in [-0.39, 0.29) is 5.91 Å². The SMILES string of the molecule is C[C@@H](C(=O)NC1(C(N)=O)CCCC1)n1ccnc1. The highest BCUT2D eigenvalue weighted by molar-refractivity contribution is 5.91. The lowest BCUT2D eigenvalue weighted by Crippen LogP contribution is -2.56. The summed E-state index contributed by atoms with van der Waals surface area (Å²) in [5.74, 6) is -0.639. The molecule has 0 spiro atoms. The summed E-state index contributed by atoms with van der Waals surface area (Å²) in [4.78, 5) is 27.6. The molecule has 2 amide bonds. The lowest BCUT2D eigenvalue weighted by molar-refractivity contribution is -0.133. The number of hydrogen-bond acceptors (Lipinski definition) is 3. The third kappa shape index (κ3) is 2.23. The van der Waals surface area contributed by atoms with Gasteiger partial charge in [-0.25, -0.2) is 4.98 Å². The van der Waals surface area contributed by atoms with Gasteiger partial charge < -0.3 is 15.6 Å². The van der Waals surface area contributed by atoms with Gasteiger partial charge in [0.2, 0.25) is 11.8 Å². The highest BCUT2D eigenvalue weighted by atomic mass is 16.2. The third-order valence-electron chi connectivity index (χ3n) is 3.64. The number of nitrogens with two attached hydrogens (primary N) is 1. The van der Waals surface area contributed by atoms with E-state index in [9.17, 15) is 9.59 Å². The molecule has 0 aromatic carbocycles.